The molecule has 3 N–H and O–H groups in total. The summed E-state index contributed by atoms with van der Waals surface area (Å²) >= 11 is 0. The summed E-state index contributed by atoms with van der Waals surface area (Å²) in [7, 11) is 0. The third kappa shape index (κ3) is 3.19. The lowest BCUT2D eigenvalue weighted by atomic mass is 9.58. The number of fused-ring (bicyclic) bond motifs is 1. The normalized spacial score (nSPS) is 25.9. The van der Waals surface area contributed by atoms with Crippen molar-refractivity contribution in [1.82, 2.24) is 15.5 Å². The molecule has 158 valence electrons. The highest BCUT2D eigenvalue weighted by Crippen LogP contribution is 2.51. The Labute approximate surface area is 174 Å². The van der Waals surface area contributed by atoms with Gasteiger partial charge in [-0.2, -0.15) is 0 Å². The monoisotopic (exact) mass is 410 g/mol. The summed E-state index contributed by atoms with van der Waals surface area (Å²) in [5, 5.41) is 9.06. The minimum atomic E-state index is -0.928. The second kappa shape index (κ2) is 7.19. The second-order valence-electron chi connectivity index (χ2n) is 9.11. The summed E-state index contributed by atoms with van der Waals surface area (Å²) in [6, 6.07) is 4.25. The van der Waals surface area contributed by atoms with Crippen molar-refractivity contribution in [2.45, 2.75) is 44.6 Å². The molecule has 0 aromatic heterocycles. The molecule has 3 fully saturated rings. The van der Waals surface area contributed by atoms with Crippen molar-refractivity contribution in [2.24, 2.45) is 11.3 Å². The zero-order chi connectivity index (χ0) is 20.9. The Morgan fingerprint density at radius 3 is 2.50 bits per heavy atom. The van der Waals surface area contributed by atoms with Crippen molar-refractivity contribution in [3.8, 4) is 0 Å². The minimum Gasteiger partial charge on any atom is -0.385 e. The molecule has 2 saturated heterocycles. The van der Waals surface area contributed by atoms with Gasteiger partial charge in [0.25, 0.3) is 11.8 Å². The van der Waals surface area contributed by atoms with Gasteiger partial charge in [-0.3, -0.25) is 29.4 Å². The summed E-state index contributed by atoms with van der Waals surface area (Å²) in [5.41, 5.74) is 1.97. The molecule has 3 aliphatic heterocycles. The SMILES string of the molecule is O=C1CCC(N2C(=O)c3ccc(NCC4CC5(CCNCC5)C4)cc3C2=O)C(=O)N1. The number of carbonyl (C=O) groups is 4. The Bertz CT molecular complexity index is 929. The molecule has 30 heavy (non-hydrogen) atoms. The molecule has 8 nitrogen and oxygen atoms in total. The Morgan fingerprint density at radius 2 is 1.77 bits per heavy atom. The first kappa shape index (κ1) is 19.2. The fourth-order valence-corrected chi connectivity index (χ4v) is 5.52. The van der Waals surface area contributed by atoms with Gasteiger partial charge in [0.2, 0.25) is 11.8 Å². The molecule has 0 bridgehead atoms. The molecule has 4 amide bonds. The molecule has 1 aliphatic carbocycles. The van der Waals surface area contributed by atoms with Crippen LogP contribution in [0.25, 0.3) is 0 Å². The highest BCUT2D eigenvalue weighted by atomic mass is 16.2. The molecule has 5 rings (SSSR count). The second-order valence-corrected chi connectivity index (χ2v) is 9.11. The van der Waals surface area contributed by atoms with Crippen LogP contribution in [0.1, 0.15) is 59.2 Å². The maximum atomic E-state index is 12.9. The Morgan fingerprint density at radius 1 is 1.03 bits per heavy atom. The standard InChI is InChI=1S/C22H26N4O4/c27-18-4-3-17(19(28)25-18)26-20(29)15-2-1-14(9-16(15)21(26)30)24-12-13-10-22(11-13)5-7-23-8-6-22/h1-2,9,13,17,23-24H,3-8,10-12H2,(H,25,27,28). The van der Waals surface area contributed by atoms with Gasteiger partial charge in [0, 0.05) is 18.7 Å². The summed E-state index contributed by atoms with van der Waals surface area (Å²) in [5.74, 6) is -1.26. The predicted molar refractivity (Wildman–Crippen MR) is 109 cm³/mol. The zero-order valence-corrected chi connectivity index (χ0v) is 16.8. The number of anilines is 1. The third-order valence-electron chi connectivity index (χ3n) is 7.14. The van der Waals surface area contributed by atoms with Crippen molar-refractivity contribution in [3.05, 3.63) is 29.3 Å². The minimum absolute atomic E-state index is 0.121. The molecule has 1 aromatic carbocycles. The average molecular weight is 410 g/mol. The van der Waals surface area contributed by atoms with E-state index in [9.17, 15) is 19.2 Å². The Balaban J connectivity index is 1.24. The number of hydrogen-bond acceptors (Lipinski definition) is 6. The lowest BCUT2D eigenvalue weighted by Crippen LogP contribution is -2.54. The largest absolute Gasteiger partial charge is 0.385 e. The van der Waals surface area contributed by atoms with Gasteiger partial charge < -0.3 is 10.6 Å². The highest BCUT2D eigenvalue weighted by Gasteiger charge is 2.45. The van der Waals surface area contributed by atoms with E-state index in [2.05, 4.69) is 16.0 Å². The molecule has 3 heterocycles. The van der Waals surface area contributed by atoms with Crippen molar-refractivity contribution < 1.29 is 19.2 Å². The van der Waals surface area contributed by atoms with Crippen LogP contribution in [0.15, 0.2) is 18.2 Å². The topological polar surface area (TPSA) is 108 Å². The molecule has 0 radical (unpaired) electrons. The zero-order valence-electron chi connectivity index (χ0n) is 16.8. The van der Waals surface area contributed by atoms with E-state index in [-0.39, 0.29) is 18.7 Å². The van der Waals surface area contributed by atoms with E-state index in [4.69, 9.17) is 0 Å². The van der Waals surface area contributed by atoms with Crippen LogP contribution in [0.2, 0.25) is 0 Å². The quantitative estimate of drug-likeness (QED) is 0.646. The number of benzene rings is 1. The maximum absolute atomic E-state index is 12.9. The molecule has 4 aliphatic rings. The van der Waals surface area contributed by atoms with Gasteiger partial charge in [-0.05, 0) is 74.7 Å². The Kier molecular flexibility index (Phi) is 4.61. The van der Waals surface area contributed by atoms with Crippen molar-refractivity contribution in [3.63, 3.8) is 0 Å². The average Bonchev–Trinajstić information content (AvgIpc) is 2.96. The fourth-order valence-electron chi connectivity index (χ4n) is 5.52. The lowest BCUT2D eigenvalue weighted by Gasteiger charge is -2.50. The van der Waals surface area contributed by atoms with Crippen LogP contribution in [0.4, 0.5) is 5.69 Å². The predicted octanol–water partition coefficient (Wildman–Crippen LogP) is 1.28. The van der Waals surface area contributed by atoms with Crippen molar-refractivity contribution in [2.75, 3.05) is 25.0 Å². The summed E-state index contributed by atoms with van der Waals surface area (Å²) in [6.07, 6.45) is 5.29. The lowest BCUT2D eigenvalue weighted by molar-refractivity contribution is -0.136. The smallest absolute Gasteiger partial charge is 0.262 e. The van der Waals surface area contributed by atoms with E-state index in [0.29, 0.717) is 22.5 Å². The maximum Gasteiger partial charge on any atom is 0.262 e. The van der Waals surface area contributed by atoms with E-state index < -0.39 is 23.8 Å². The van der Waals surface area contributed by atoms with E-state index in [0.717, 1.165) is 30.2 Å². The van der Waals surface area contributed by atoms with E-state index in [1.807, 2.05) is 6.07 Å². The molecule has 1 unspecified atom stereocenters. The van der Waals surface area contributed by atoms with Gasteiger partial charge in [0.15, 0.2) is 0 Å². The molecular formula is C22H26N4O4. The number of nitrogens with zero attached hydrogens (tertiary/aromatic N) is 1. The molecular weight excluding hydrogens is 384 g/mol. The summed E-state index contributed by atoms with van der Waals surface area (Å²) in [4.78, 5) is 50.2. The van der Waals surface area contributed by atoms with Crippen LogP contribution < -0.4 is 16.0 Å². The fraction of sp³-hybridized carbons (Fsp3) is 0.545. The van der Waals surface area contributed by atoms with Gasteiger partial charge in [0.05, 0.1) is 11.1 Å². The van der Waals surface area contributed by atoms with Crippen LogP contribution in [0.5, 0.6) is 0 Å². The van der Waals surface area contributed by atoms with Gasteiger partial charge in [0.1, 0.15) is 6.04 Å². The number of carbonyl (C=O) groups excluding carboxylic acids is 4. The summed E-state index contributed by atoms with van der Waals surface area (Å²) < 4.78 is 0. The Hall–Kier alpha value is -2.74. The first-order valence-electron chi connectivity index (χ1n) is 10.8. The van der Waals surface area contributed by atoms with Crippen LogP contribution in [0.3, 0.4) is 0 Å². The van der Waals surface area contributed by atoms with E-state index >= 15 is 0 Å². The first-order valence-corrected chi connectivity index (χ1v) is 10.8. The molecule has 8 heteroatoms. The summed E-state index contributed by atoms with van der Waals surface area (Å²) in [6.45, 7) is 3.09. The van der Waals surface area contributed by atoms with Crippen LogP contribution in [-0.2, 0) is 9.59 Å². The van der Waals surface area contributed by atoms with Crippen molar-refractivity contribution in [1.29, 1.82) is 0 Å². The number of amides is 4. The van der Waals surface area contributed by atoms with Gasteiger partial charge in [-0.15, -0.1) is 0 Å². The first-order chi connectivity index (χ1) is 14.5. The van der Waals surface area contributed by atoms with Crippen LogP contribution in [0, 0.1) is 11.3 Å². The number of nitrogens with one attached hydrogen (secondary N) is 3. The highest BCUT2D eigenvalue weighted by molar-refractivity contribution is 6.23. The molecule has 1 spiro atoms. The third-order valence-corrected chi connectivity index (χ3v) is 7.14. The molecule has 1 atom stereocenters. The van der Waals surface area contributed by atoms with Gasteiger partial charge in [-0.1, -0.05) is 0 Å². The van der Waals surface area contributed by atoms with E-state index in [1.165, 1.54) is 25.7 Å². The van der Waals surface area contributed by atoms with Gasteiger partial charge >= 0.3 is 0 Å². The molecule has 1 aromatic rings. The number of piperidine rings is 2. The van der Waals surface area contributed by atoms with Crippen LogP contribution in [-0.4, -0.2) is 54.2 Å². The van der Waals surface area contributed by atoms with Crippen LogP contribution >= 0.6 is 0 Å². The molecule has 1 saturated carbocycles. The number of imide groups is 2. The van der Waals surface area contributed by atoms with E-state index in [1.54, 1.807) is 12.1 Å². The van der Waals surface area contributed by atoms with Gasteiger partial charge in [-0.25, -0.2) is 0 Å². The van der Waals surface area contributed by atoms with Crippen molar-refractivity contribution >= 4 is 29.3 Å². The number of hydrogen-bond donors (Lipinski definition) is 3. The number of rotatable bonds is 4.